The lowest BCUT2D eigenvalue weighted by Gasteiger charge is -2.33. The van der Waals surface area contributed by atoms with Gasteiger partial charge in [0.1, 0.15) is 11.0 Å². The molecule has 0 bridgehead atoms. The van der Waals surface area contributed by atoms with E-state index in [1.807, 2.05) is 0 Å². The van der Waals surface area contributed by atoms with E-state index in [9.17, 15) is 0 Å². The molecule has 2 heterocycles. The molecule has 0 saturated heterocycles. The van der Waals surface area contributed by atoms with Gasteiger partial charge in [0.25, 0.3) is 0 Å². The van der Waals surface area contributed by atoms with E-state index in [-0.39, 0.29) is 10.8 Å². The van der Waals surface area contributed by atoms with Crippen molar-refractivity contribution >= 4 is 54.2 Å². The summed E-state index contributed by atoms with van der Waals surface area (Å²) < 4.78 is 2.06. The molecule has 2 nitrogen and oxygen atoms in total. The van der Waals surface area contributed by atoms with Crippen molar-refractivity contribution in [3.05, 3.63) is 115 Å². The van der Waals surface area contributed by atoms with Crippen LogP contribution in [0.5, 0.6) is 0 Å². The SMILES string of the molecule is CCCCCCCCC1(CCCCCCCC)c2ccccc2-c2ccc(-c3nc4c(Br)sc(Br)c4nc3-c3ccc4c(c3)C(CCCCCCCC)(CCCCCCCC)c3ccccc3-4)cc21. The van der Waals surface area contributed by atoms with Gasteiger partial charge in [-0.15, -0.1) is 11.3 Å². The molecule has 0 N–H and O–H groups in total. The van der Waals surface area contributed by atoms with Gasteiger partial charge < -0.3 is 0 Å². The summed E-state index contributed by atoms with van der Waals surface area (Å²) in [6.45, 7) is 9.31. The van der Waals surface area contributed by atoms with Crippen LogP contribution in [0.1, 0.15) is 230 Å². The molecule has 4 aromatic carbocycles. The zero-order valence-electron chi connectivity index (χ0n) is 42.9. The Morgan fingerprint density at radius 1 is 0.362 bits per heavy atom. The first kappa shape index (κ1) is 52.2. The molecule has 2 aliphatic carbocycles. The van der Waals surface area contributed by atoms with Crippen LogP contribution in [0, 0.1) is 0 Å². The van der Waals surface area contributed by atoms with Gasteiger partial charge in [-0.3, -0.25) is 0 Å². The minimum atomic E-state index is -0.00678. The molecule has 0 fully saturated rings. The summed E-state index contributed by atoms with van der Waals surface area (Å²) in [6.07, 6.45) is 36.4. The Morgan fingerprint density at radius 3 is 1.01 bits per heavy atom. The molecule has 368 valence electrons. The Morgan fingerprint density at radius 2 is 0.667 bits per heavy atom. The van der Waals surface area contributed by atoms with Crippen LogP contribution in [-0.2, 0) is 10.8 Å². The first-order chi connectivity index (χ1) is 33.9. The van der Waals surface area contributed by atoms with E-state index < -0.39 is 0 Å². The van der Waals surface area contributed by atoms with Crippen LogP contribution in [0.4, 0.5) is 0 Å². The molecule has 0 spiro atoms. The van der Waals surface area contributed by atoms with E-state index in [1.54, 1.807) is 22.5 Å². The van der Waals surface area contributed by atoms with E-state index in [1.165, 1.54) is 224 Å². The molecule has 2 aromatic heterocycles. The number of benzene rings is 4. The summed E-state index contributed by atoms with van der Waals surface area (Å²) in [7, 11) is 0. The van der Waals surface area contributed by atoms with Gasteiger partial charge in [-0.1, -0.05) is 255 Å². The van der Waals surface area contributed by atoms with E-state index >= 15 is 0 Å². The summed E-state index contributed by atoms with van der Waals surface area (Å²) in [5.41, 5.74) is 18.1. The maximum atomic E-state index is 5.68. The van der Waals surface area contributed by atoms with Gasteiger partial charge in [-0.25, -0.2) is 9.97 Å². The Balaban J connectivity index is 1.24. The Bertz CT molecular complexity index is 2380. The molecule has 6 aromatic rings. The topological polar surface area (TPSA) is 25.8 Å². The van der Waals surface area contributed by atoms with Crippen molar-refractivity contribution in [2.75, 3.05) is 0 Å². The highest BCUT2D eigenvalue weighted by atomic mass is 79.9. The lowest BCUT2D eigenvalue weighted by molar-refractivity contribution is 0.398. The monoisotopic (exact) mass is 1070 g/mol. The number of unbranched alkanes of at least 4 members (excludes halogenated alkanes) is 20. The van der Waals surface area contributed by atoms with Gasteiger partial charge in [0, 0.05) is 22.0 Å². The Kier molecular flexibility index (Phi) is 19.3. The third-order valence-corrected chi connectivity index (χ3v) is 18.8. The van der Waals surface area contributed by atoms with Crippen LogP contribution in [0.2, 0.25) is 0 Å². The zero-order valence-corrected chi connectivity index (χ0v) is 46.9. The van der Waals surface area contributed by atoms with Crippen LogP contribution in [0.15, 0.2) is 92.5 Å². The fourth-order valence-corrected chi connectivity index (χ4v) is 15.5. The smallest absolute Gasteiger partial charge is 0.116 e. The number of halogens is 2. The van der Waals surface area contributed by atoms with Crippen LogP contribution in [0.25, 0.3) is 55.8 Å². The minimum absolute atomic E-state index is 0.00678. The number of nitrogens with zero attached hydrogens (tertiary/aromatic N) is 2. The molecule has 0 aliphatic heterocycles. The number of fused-ring (bicyclic) bond motifs is 7. The van der Waals surface area contributed by atoms with Crippen LogP contribution < -0.4 is 0 Å². The number of rotatable bonds is 30. The maximum absolute atomic E-state index is 5.68. The molecule has 8 rings (SSSR count). The summed E-state index contributed by atoms with van der Waals surface area (Å²) in [4.78, 5) is 11.4. The van der Waals surface area contributed by atoms with E-state index in [2.05, 4.69) is 144 Å². The van der Waals surface area contributed by atoms with E-state index in [0.717, 1.165) is 30.0 Å². The third-order valence-electron chi connectivity index (χ3n) is 16.4. The standard InChI is InChI=1S/C64H82Br2N2S/c1-5-9-13-17-21-29-41-63(42-30-22-18-14-10-6-2)53-35-27-25-33-49(53)51-39-37-47(45-55(51)63)57-58(68-60-59(67-57)61(65)69-62(60)66)48-38-40-52-50-34-26-28-36-54(50)64(56(52)46-48,43-31-23-19-15-11-7-3)44-32-24-20-16-12-8-4/h25-28,33-40,45-46H,5-24,29-32,41-44H2,1-4H3. The molecule has 0 radical (unpaired) electrons. The highest BCUT2D eigenvalue weighted by Gasteiger charge is 2.44. The fraction of sp³-hybridized carbons (Fsp3) is 0.531. The average Bonchev–Trinajstić information content (AvgIpc) is 3.93. The van der Waals surface area contributed by atoms with Gasteiger partial charge >= 0.3 is 0 Å². The molecule has 0 atom stereocenters. The molecule has 0 unspecified atom stereocenters. The average molecular weight is 1070 g/mol. The van der Waals surface area contributed by atoms with Gasteiger partial charge in [0.2, 0.25) is 0 Å². The van der Waals surface area contributed by atoms with Gasteiger partial charge in [0.15, 0.2) is 0 Å². The Hall–Kier alpha value is -3.12. The maximum Gasteiger partial charge on any atom is 0.116 e. The highest BCUT2D eigenvalue weighted by molar-refractivity contribution is 9.12. The normalized spacial score (nSPS) is 14.1. The molecule has 0 amide bonds. The van der Waals surface area contributed by atoms with E-state index in [4.69, 9.17) is 9.97 Å². The molecule has 5 heteroatoms. The second kappa shape index (κ2) is 25.5. The quantitative estimate of drug-likeness (QED) is 0.0420. The first-order valence-electron chi connectivity index (χ1n) is 28.1. The number of hydrogen-bond acceptors (Lipinski definition) is 3. The molecule has 2 aliphatic rings. The van der Waals surface area contributed by atoms with Crippen molar-refractivity contribution in [3.8, 4) is 44.8 Å². The van der Waals surface area contributed by atoms with Gasteiger partial charge in [-0.05, 0) is 114 Å². The lowest BCUT2D eigenvalue weighted by atomic mass is 9.70. The van der Waals surface area contributed by atoms with Crippen molar-refractivity contribution in [3.63, 3.8) is 0 Å². The Labute approximate surface area is 439 Å². The molecular weight excluding hydrogens is 989 g/mol. The molecule has 69 heavy (non-hydrogen) atoms. The van der Waals surface area contributed by atoms with Crippen molar-refractivity contribution in [1.29, 1.82) is 0 Å². The number of thiophene rings is 1. The summed E-state index contributed by atoms with van der Waals surface area (Å²) in [5, 5.41) is 0. The van der Waals surface area contributed by atoms with Crippen molar-refractivity contribution in [1.82, 2.24) is 9.97 Å². The van der Waals surface area contributed by atoms with Crippen LogP contribution in [0.3, 0.4) is 0 Å². The van der Waals surface area contributed by atoms with Crippen LogP contribution >= 0.6 is 43.2 Å². The summed E-state index contributed by atoms with van der Waals surface area (Å²) in [5.74, 6) is 0. The van der Waals surface area contributed by atoms with Crippen molar-refractivity contribution < 1.29 is 0 Å². The van der Waals surface area contributed by atoms with Gasteiger partial charge in [0.05, 0.1) is 19.0 Å². The summed E-state index contributed by atoms with van der Waals surface area (Å²) in [6, 6.07) is 33.7. The fourth-order valence-electron chi connectivity index (χ4n) is 12.6. The second-order valence-electron chi connectivity index (χ2n) is 21.1. The lowest BCUT2D eigenvalue weighted by Crippen LogP contribution is -2.25. The summed E-state index contributed by atoms with van der Waals surface area (Å²) >= 11 is 9.56. The minimum Gasteiger partial charge on any atom is -0.242 e. The largest absolute Gasteiger partial charge is 0.242 e. The predicted octanol–water partition coefficient (Wildman–Crippen LogP) is 22.1. The first-order valence-corrected chi connectivity index (χ1v) is 30.5. The van der Waals surface area contributed by atoms with Crippen molar-refractivity contribution in [2.24, 2.45) is 0 Å². The third kappa shape index (κ3) is 11.6. The second-order valence-corrected chi connectivity index (χ2v) is 24.8. The van der Waals surface area contributed by atoms with Crippen LogP contribution in [-0.4, -0.2) is 9.97 Å². The van der Waals surface area contributed by atoms with E-state index in [0.29, 0.717) is 0 Å². The zero-order chi connectivity index (χ0) is 48.1. The highest BCUT2D eigenvalue weighted by Crippen LogP contribution is 2.57. The van der Waals surface area contributed by atoms with Gasteiger partial charge in [-0.2, -0.15) is 0 Å². The number of aromatic nitrogens is 2. The molecule has 0 saturated carbocycles. The molecular formula is C64H82Br2N2S. The van der Waals surface area contributed by atoms with Crippen molar-refractivity contribution in [2.45, 2.75) is 218 Å². The predicted molar refractivity (Wildman–Crippen MR) is 308 cm³/mol. The number of hydrogen-bond donors (Lipinski definition) is 0.